The summed E-state index contributed by atoms with van der Waals surface area (Å²) in [5.41, 5.74) is 8.91. The van der Waals surface area contributed by atoms with E-state index in [0.29, 0.717) is 0 Å². The zero-order chi connectivity index (χ0) is 11.8. The molecular formula is C15H22N2. The third-order valence-corrected chi connectivity index (χ3v) is 4.90. The van der Waals surface area contributed by atoms with Gasteiger partial charge >= 0.3 is 0 Å². The number of pyridine rings is 1. The average molecular weight is 230 g/mol. The summed E-state index contributed by atoms with van der Waals surface area (Å²) in [4.78, 5) is 4.14. The highest BCUT2D eigenvalue weighted by Crippen LogP contribution is 2.50. The van der Waals surface area contributed by atoms with Crippen LogP contribution in [0.5, 0.6) is 0 Å². The molecule has 92 valence electrons. The minimum absolute atomic E-state index is 0.211. The van der Waals surface area contributed by atoms with Gasteiger partial charge in [0, 0.05) is 18.4 Å². The molecule has 4 unspecified atom stereocenters. The molecule has 1 aromatic heterocycles. The van der Waals surface area contributed by atoms with Crippen LogP contribution in [0.3, 0.4) is 0 Å². The number of hydrogen-bond acceptors (Lipinski definition) is 2. The molecule has 2 aliphatic rings. The predicted molar refractivity (Wildman–Crippen MR) is 69.5 cm³/mol. The second-order valence-electron chi connectivity index (χ2n) is 6.01. The lowest BCUT2D eigenvalue weighted by Crippen LogP contribution is -2.20. The molecule has 2 bridgehead atoms. The lowest BCUT2D eigenvalue weighted by atomic mass is 9.82. The van der Waals surface area contributed by atoms with Gasteiger partial charge in [-0.15, -0.1) is 0 Å². The molecule has 0 spiro atoms. The summed E-state index contributed by atoms with van der Waals surface area (Å²) in [6.07, 6.45) is 10.8. The summed E-state index contributed by atoms with van der Waals surface area (Å²) in [6, 6.07) is 2.30. The minimum atomic E-state index is 0.211. The number of aryl methyl sites for hydroxylation is 1. The number of nitrogens with two attached hydrogens (primary N) is 1. The van der Waals surface area contributed by atoms with Gasteiger partial charge in [0.05, 0.1) is 0 Å². The summed E-state index contributed by atoms with van der Waals surface area (Å²) in [5, 5.41) is 0. The average Bonchev–Trinajstić information content (AvgIpc) is 2.91. The van der Waals surface area contributed by atoms with E-state index in [4.69, 9.17) is 5.73 Å². The molecule has 2 aliphatic carbocycles. The van der Waals surface area contributed by atoms with Crippen LogP contribution >= 0.6 is 0 Å². The van der Waals surface area contributed by atoms with Crippen molar-refractivity contribution >= 4 is 0 Å². The maximum atomic E-state index is 6.38. The molecule has 2 N–H and O–H groups in total. The van der Waals surface area contributed by atoms with E-state index < -0.39 is 0 Å². The standard InChI is InChI=1S/C15H22N2/c1-10-9-17-5-4-14(10)15(16)8-13-7-11-2-3-12(13)6-11/h4-5,9,11-13,15H,2-3,6-8,16H2,1H3. The molecule has 0 radical (unpaired) electrons. The molecule has 4 atom stereocenters. The topological polar surface area (TPSA) is 38.9 Å². The fraction of sp³-hybridized carbons (Fsp3) is 0.667. The third kappa shape index (κ3) is 2.11. The first-order valence-corrected chi connectivity index (χ1v) is 6.90. The lowest BCUT2D eigenvalue weighted by molar-refractivity contribution is 0.296. The van der Waals surface area contributed by atoms with Crippen molar-refractivity contribution in [1.29, 1.82) is 0 Å². The molecular weight excluding hydrogens is 208 g/mol. The van der Waals surface area contributed by atoms with Crippen LogP contribution in [0.4, 0.5) is 0 Å². The number of hydrogen-bond donors (Lipinski definition) is 1. The van der Waals surface area contributed by atoms with Gasteiger partial charge < -0.3 is 5.73 Å². The highest BCUT2D eigenvalue weighted by molar-refractivity contribution is 5.25. The first-order chi connectivity index (χ1) is 8.24. The van der Waals surface area contributed by atoms with Crippen LogP contribution in [-0.2, 0) is 0 Å². The van der Waals surface area contributed by atoms with Gasteiger partial charge in [0.15, 0.2) is 0 Å². The lowest BCUT2D eigenvalue weighted by Gasteiger charge is -2.25. The van der Waals surface area contributed by atoms with Gasteiger partial charge in [-0.3, -0.25) is 4.98 Å². The number of fused-ring (bicyclic) bond motifs is 2. The Kier molecular flexibility index (Phi) is 2.91. The largest absolute Gasteiger partial charge is 0.324 e. The van der Waals surface area contributed by atoms with E-state index in [2.05, 4.69) is 18.0 Å². The van der Waals surface area contributed by atoms with Gasteiger partial charge in [-0.25, -0.2) is 0 Å². The SMILES string of the molecule is Cc1cnccc1C(N)CC1CC2CCC1C2. The van der Waals surface area contributed by atoms with E-state index in [0.717, 1.165) is 17.8 Å². The van der Waals surface area contributed by atoms with Gasteiger partial charge in [0.2, 0.25) is 0 Å². The Morgan fingerprint density at radius 2 is 2.29 bits per heavy atom. The Hall–Kier alpha value is -0.890. The Labute approximate surface area is 104 Å². The quantitative estimate of drug-likeness (QED) is 0.866. The van der Waals surface area contributed by atoms with Gasteiger partial charge in [-0.2, -0.15) is 0 Å². The normalized spacial score (nSPS) is 32.9. The molecule has 2 fully saturated rings. The molecule has 3 rings (SSSR count). The number of rotatable bonds is 3. The molecule has 2 nitrogen and oxygen atoms in total. The molecule has 1 heterocycles. The Balaban J connectivity index is 1.68. The summed E-state index contributed by atoms with van der Waals surface area (Å²) in [6.45, 7) is 2.11. The number of aromatic nitrogens is 1. The second-order valence-corrected chi connectivity index (χ2v) is 6.01. The smallest absolute Gasteiger partial charge is 0.0301 e. The van der Waals surface area contributed by atoms with Crippen molar-refractivity contribution in [2.75, 3.05) is 0 Å². The van der Waals surface area contributed by atoms with Crippen molar-refractivity contribution in [3.05, 3.63) is 29.6 Å². The Morgan fingerprint density at radius 3 is 2.94 bits per heavy atom. The second kappa shape index (κ2) is 4.41. The van der Waals surface area contributed by atoms with Crippen LogP contribution in [0.1, 0.15) is 49.3 Å². The first kappa shape index (κ1) is 11.2. The van der Waals surface area contributed by atoms with E-state index in [1.807, 2.05) is 12.4 Å². The molecule has 0 amide bonds. The van der Waals surface area contributed by atoms with Crippen LogP contribution < -0.4 is 5.73 Å². The van der Waals surface area contributed by atoms with Crippen molar-refractivity contribution in [3.8, 4) is 0 Å². The van der Waals surface area contributed by atoms with Crippen molar-refractivity contribution < 1.29 is 0 Å². The van der Waals surface area contributed by atoms with Crippen LogP contribution in [0.2, 0.25) is 0 Å². The van der Waals surface area contributed by atoms with Crippen molar-refractivity contribution in [2.24, 2.45) is 23.5 Å². The van der Waals surface area contributed by atoms with E-state index in [-0.39, 0.29) is 6.04 Å². The van der Waals surface area contributed by atoms with Crippen molar-refractivity contribution in [3.63, 3.8) is 0 Å². The number of nitrogens with zero attached hydrogens (tertiary/aromatic N) is 1. The molecule has 17 heavy (non-hydrogen) atoms. The third-order valence-electron chi connectivity index (χ3n) is 4.90. The summed E-state index contributed by atoms with van der Waals surface area (Å²) < 4.78 is 0. The fourth-order valence-electron chi connectivity index (χ4n) is 4.02. The maximum absolute atomic E-state index is 6.38. The summed E-state index contributed by atoms with van der Waals surface area (Å²) in [5.74, 6) is 2.89. The van der Waals surface area contributed by atoms with Crippen molar-refractivity contribution in [1.82, 2.24) is 4.98 Å². The van der Waals surface area contributed by atoms with Gasteiger partial charge in [0.25, 0.3) is 0 Å². The van der Waals surface area contributed by atoms with E-state index in [1.54, 1.807) is 0 Å². The minimum Gasteiger partial charge on any atom is -0.324 e. The van der Waals surface area contributed by atoms with Gasteiger partial charge in [0.1, 0.15) is 0 Å². The summed E-state index contributed by atoms with van der Waals surface area (Å²) >= 11 is 0. The Bertz CT molecular complexity index is 402. The van der Waals surface area contributed by atoms with Crippen LogP contribution in [0, 0.1) is 24.7 Å². The van der Waals surface area contributed by atoms with Crippen LogP contribution in [-0.4, -0.2) is 4.98 Å². The zero-order valence-electron chi connectivity index (χ0n) is 10.6. The molecule has 0 aliphatic heterocycles. The van der Waals surface area contributed by atoms with E-state index in [1.165, 1.54) is 43.2 Å². The highest BCUT2D eigenvalue weighted by Gasteiger charge is 2.39. The Morgan fingerprint density at radius 1 is 1.41 bits per heavy atom. The maximum Gasteiger partial charge on any atom is 0.0301 e. The molecule has 2 saturated carbocycles. The zero-order valence-corrected chi connectivity index (χ0v) is 10.6. The molecule has 0 saturated heterocycles. The van der Waals surface area contributed by atoms with Gasteiger partial charge in [-0.1, -0.05) is 6.42 Å². The van der Waals surface area contributed by atoms with Crippen LogP contribution in [0.15, 0.2) is 18.5 Å². The monoisotopic (exact) mass is 230 g/mol. The first-order valence-electron chi connectivity index (χ1n) is 6.90. The van der Waals surface area contributed by atoms with Crippen molar-refractivity contribution in [2.45, 2.75) is 45.1 Å². The molecule has 1 aromatic rings. The van der Waals surface area contributed by atoms with Gasteiger partial charge in [-0.05, 0) is 67.6 Å². The van der Waals surface area contributed by atoms with Crippen LogP contribution in [0.25, 0.3) is 0 Å². The van der Waals surface area contributed by atoms with E-state index >= 15 is 0 Å². The highest BCUT2D eigenvalue weighted by atomic mass is 14.7. The molecule has 2 heteroatoms. The predicted octanol–water partition coefficient (Wildman–Crippen LogP) is 3.22. The molecule has 0 aromatic carbocycles. The van der Waals surface area contributed by atoms with E-state index in [9.17, 15) is 0 Å². The fourth-order valence-corrected chi connectivity index (χ4v) is 4.02. The summed E-state index contributed by atoms with van der Waals surface area (Å²) in [7, 11) is 0.